The van der Waals surface area contributed by atoms with Crippen LogP contribution in [0, 0.1) is 0 Å². The van der Waals surface area contributed by atoms with Crippen molar-refractivity contribution < 1.29 is 14.3 Å². The van der Waals surface area contributed by atoms with E-state index in [0.29, 0.717) is 31.1 Å². The molecule has 6 nitrogen and oxygen atoms in total. The molecule has 0 atom stereocenters. The van der Waals surface area contributed by atoms with Gasteiger partial charge in [0, 0.05) is 39.3 Å². The standard InChI is InChI=1S/C17H27N3O3.2ClH/c1-4-20(17(21)13-19-9-7-18-8-10-19)12-14-5-6-15(22-2)16(11-14)23-3;;/h5-6,11,18H,4,7-10,12-13H2,1-3H3;2*1H. The van der Waals surface area contributed by atoms with Gasteiger partial charge >= 0.3 is 0 Å². The van der Waals surface area contributed by atoms with Crippen molar-refractivity contribution in [3.05, 3.63) is 23.8 Å². The summed E-state index contributed by atoms with van der Waals surface area (Å²) in [7, 11) is 3.24. The average Bonchev–Trinajstić information content (AvgIpc) is 2.60. The maximum Gasteiger partial charge on any atom is 0.237 e. The van der Waals surface area contributed by atoms with Gasteiger partial charge in [-0.05, 0) is 24.6 Å². The van der Waals surface area contributed by atoms with Gasteiger partial charge in [0.2, 0.25) is 5.91 Å². The van der Waals surface area contributed by atoms with Crippen LogP contribution in [-0.2, 0) is 11.3 Å². The van der Waals surface area contributed by atoms with Gasteiger partial charge in [-0.3, -0.25) is 9.69 Å². The second-order valence-electron chi connectivity index (χ2n) is 5.62. The molecule has 1 amide bonds. The van der Waals surface area contributed by atoms with Gasteiger partial charge < -0.3 is 19.7 Å². The van der Waals surface area contributed by atoms with Gasteiger partial charge in [0.25, 0.3) is 0 Å². The zero-order valence-corrected chi connectivity index (χ0v) is 16.8. The van der Waals surface area contributed by atoms with Crippen LogP contribution in [0.1, 0.15) is 12.5 Å². The van der Waals surface area contributed by atoms with E-state index in [2.05, 4.69) is 10.2 Å². The van der Waals surface area contributed by atoms with E-state index in [4.69, 9.17) is 9.47 Å². The van der Waals surface area contributed by atoms with Gasteiger partial charge in [0.05, 0.1) is 20.8 Å². The normalized spacial score (nSPS) is 14.0. The molecular formula is C17H29Cl2N3O3. The van der Waals surface area contributed by atoms with Gasteiger partial charge in [0.1, 0.15) is 0 Å². The van der Waals surface area contributed by atoms with Crippen molar-refractivity contribution in [2.45, 2.75) is 13.5 Å². The molecule has 1 aromatic carbocycles. The lowest BCUT2D eigenvalue weighted by atomic mass is 10.2. The van der Waals surface area contributed by atoms with Crippen LogP contribution in [0.15, 0.2) is 18.2 Å². The summed E-state index contributed by atoms with van der Waals surface area (Å²) < 4.78 is 10.6. The topological polar surface area (TPSA) is 54.0 Å². The summed E-state index contributed by atoms with van der Waals surface area (Å²) >= 11 is 0. The van der Waals surface area contributed by atoms with Crippen molar-refractivity contribution in [1.29, 1.82) is 0 Å². The SMILES string of the molecule is CCN(Cc1ccc(OC)c(OC)c1)C(=O)CN1CCNCC1.Cl.Cl. The average molecular weight is 394 g/mol. The minimum atomic E-state index is 0. The van der Waals surface area contributed by atoms with Gasteiger partial charge in [-0.1, -0.05) is 6.07 Å². The van der Waals surface area contributed by atoms with Gasteiger partial charge in [-0.25, -0.2) is 0 Å². The molecule has 1 N–H and O–H groups in total. The Morgan fingerprint density at radius 1 is 1.16 bits per heavy atom. The second-order valence-corrected chi connectivity index (χ2v) is 5.62. The number of nitrogens with zero attached hydrogens (tertiary/aromatic N) is 2. The Kier molecular flexibility index (Phi) is 11.6. The van der Waals surface area contributed by atoms with Gasteiger partial charge in [-0.2, -0.15) is 0 Å². The number of carbonyl (C=O) groups is 1. The first kappa shape index (κ1) is 23.8. The number of rotatable bonds is 7. The fraction of sp³-hybridized carbons (Fsp3) is 0.588. The number of likely N-dealkylation sites (N-methyl/N-ethyl adjacent to an activating group) is 1. The summed E-state index contributed by atoms with van der Waals surface area (Å²) in [5, 5.41) is 3.30. The molecule has 144 valence electrons. The number of benzene rings is 1. The molecular weight excluding hydrogens is 365 g/mol. The van der Waals surface area contributed by atoms with Crippen LogP contribution < -0.4 is 14.8 Å². The van der Waals surface area contributed by atoms with Crippen LogP contribution in [0.5, 0.6) is 11.5 Å². The lowest BCUT2D eigenvalue weighted by molar-refractivity contribution is -0.133. The molecule has 0 saturated carbocycles. The molecule has 8 heteroatoms. The molecule has 25 heavy (non-hydrogen) atoms. The first-order chi connectivity index (χ1) is 11.2. The zero-order valence-electron chi connectivity index (χ0n) is 15.1. The Morgan fingerprint density at radius 2 is 1.80 bits per heavy atom. The molecule has 1 fully saturated rings. The van der Waals surface area contributed by atoms with E-state index in [1.54, 1.807) is 14.2 Å². The number of ether oxygens (including phenoxy) is 2. The monoisotopic (exact) mass is 393 g/mol. The molecule has 0 bridgehead atoms. The number of halogens is 2. The maximum atomic E-state index is 12.5. The number of methoxy groups -OCH3 is 2. The quantitative estimate of drug-likeness (QED) is 0.765. The van der Waals surface area contributed by atoms with Crippen molar-refractivity contribution in [2.75, 3.05) is 53.5 Å². The molecule has 0 radical (unpaired) electrons. The Labute approximate surface area is 162 Å². The fourth-order valence-electron chi connectivity index (χ4n) is 2.74. The lowest BCUT2D eigenvalue weighted by Gasteiger charge is -2.29. The molecule has 2 rings (SSSR count). The van der Waals surface area contributed by atoms with Crippen LogP contribution in [-0.4, -0.2) is 69.2 Å². The highest BCUT2D eigenvalue weighted by Gasteiger charge is 2.18. The van der Waals surface area contributed by atoms with E-state index >= 15 is 0 Å². The van der Waals surface area contributed by atoms with E-state index in [9.17, 15) is 4.79 Å². The first-order valence-electron chi connectivity index (χ1n) is 8.09. The van der Waals surface area contributed by atoms with Crippen molar-refractivity contribution >= 4 is 30.7 Å². The largest absolute Gasteiger partial charge is 0.493 e. The Morgan fingerprint density at radius 3 is 2.36 bits per heavy atom. The highest BCUT2D eigenvalue weighted by Crippen LogP contribution is 2.28. The smallest absolute Gasteiger partial charge is 0.237 e. The molecule has 1 aliphatic rings. The highest BCUT2D eigenvalue weighted by atomic mass is 35.5. The summed E-state index contributed by atoms with van der Waals surface area (Å²) in [5.74, 6) is 1.56. The number of carbonyl (C=O) groups excluding carboxylic acids is 1. The molecule has 1 aliphatic heterocycles. The number of piperazine rings is 1. The van der Waals surface area contributed by atoms with Crippen molar-refractivity contribution in [1.82, 2.24) is 15.1 Å². The summed E-state index contributed by atoms with van der Waals surface area (Å²) in [6, 6.07) is 5.78. The third-order valence-corrected chi connectivity index (χ3v) is 4.12. The van der Waals surface area contributed by atoms with Gasteiger partial charge in [-0.15, -0.1) is 24.8 Å². The second kappa shape index (κ2) is 12.2. The maximum absolute atomic E-state index is 12.5. The predicted molar refractivity (Wildman–Crippen MR) is 104 cm³/mol. The first-order valence-corrected chi connectivity index (χ1v) is 8.09. The summed E-state index contributed by atoms with van der Waals surface area (Å²) in [4.78, 5) is 16.6. The third kappa shape index (κ3) is 6.90. The summed E-state index contributed by atoms with van der Waals surface area (Å²) in [5.41, 5.74) is 1.04. The van der Waals surface area contributed by atoms with Gasteiger partial charge in [0.15, 0.2) is 11.5 Å². The van der Waals surface area contributed by atoms with Crippen molar-refractivity contribution in [3.8, 4) is 11.5 Å². The van der Waals surface area contributed by atoms with Crippen LogP contribution in [0.25, 0.3) is 0 Å². The third-order valence-electron chi connectivity index (χ3n) is 4.12. The van der Waals surface area contributed by atoms with Crippen molar-refractivity contribution in [2.24, 2.45) is 0 Å². The van der Waals surface area contributed by atoms with Crippen LogP contribution >= 0.6 is 24.8 Å². The molecule has 1 aromatic rings. The molecule has 0 aliphatic carbocycles. The minimum Gasteiger partial charge on any atom is -0.493 e. The summed E-state index contributed by atoms with van der Waals surface area (Å²) in [6.07, 6.45) is 0. The van der Waals surface area contributed by atoms with Crippen LogP contribution in [0.3, 0.4) is 0 Å². The zero-order chi connectivity index (χ0) is 16.7. The molecule has 1 saturated heterocycles. The highest BCUT2D eigenvalue weighted by molar-refractivity contribution is 5.85. The van der Waals surface area contributed by atoms with Crippen LogP contribution in [0.2, 0.25) is 0 Å². The Hall–Kier alpha value is -1.21. The van der Waals surface area contributed by atoms with Crippen LogP contribution in [0.4, 0.5) is 0 Å². The molecule has 1 heterocycles. The van der Waals surface area contributed by atoms with E-state index in [1.807, 2.05) is 30.0 Å². The number of hydrogen-bond acceptors (Lipinski definition) is 5. The number of hydrogen-bond donors (Lipinski definition) is 1. The van der Waals surface area contributed by atoms with E-state index in [1.165, 1.54) is 0 Å². The van der Waals surface area contributed by atoms with E-state index in [-0.39, 0.29) is 30.7 Å². The number of amides is 1. The lowest BCUT2D eigenvalue weighted by Crippen LogP contribution is -2.48. The summed E-state index contributed by atoms with van der Waals surface area (Å²) in [6.45, 7) is 7.55. The molecule has 0 aromatic heterocycles. The van der Waals surface area contributed by atoms with E-state index in [0.717, 1.165) is 31.7 Å². The van der Waals surface area contributed by atoms with E-state index < -0.39 is 0 Å². The molecule has 0 spiro atoms. The van der Waals surface area contributed by atoms with Crippen molar-refractivity contribution in [3.63, 3.8) is 0 Å². The Bertz CT molecular complexity index is 526. The fourth-order valence-corrected chi connectivity index (χ4v) is 2.74. The Balaban J connectivity index is 0.00000288. The minimum absolute atomic E-state index is 0. The predicted octanol–water partition coefficient (Wildman–Crippen LogP) is 1.80. The number of nitrogens with one attached hydrogen (secondary N) is 1. The molecule has 0 unspecified atom stereocenters.